The zero-order valence-corrected chi connectivity index (χ0v) is 9.58. The first-order valence-corrected chi connectivity index (χ1v) is 4.96. The summed E-state index contributed by atoms with van der Waals surface area (Å²) in [6.07, 6.45) is -0.323. The largest absolute Gasteiger partial charge is 0.504 e. The van der Waals surface area contributed by atoms with Crippen molar-refractivity contribution in [3.05, 3.63) is 23.3 Å². The van der Waals surface area contributed by atoms with Crippen LogP contribution < -0.4 is 10.5 Å². The van der Waals surface area contributed by atoms with Gasteiger partial charge in [-0.25, -0.2) is 0 Å². The number of ether oxygens (including phenoxy) is 1. The van der Waals surface area contributed by atoms with E-state index < -0.39 is 23.7 Å². The van der Waals surface area contributed by atoms with Gasteiger partial charge in [-0.05, 0) is 17.7 Å². The summed E-state index contributed by atoms with van der Waals surface area (Å²) in [4.78, 5) is 21.4. The van der Waals surface area contributed by atoms with Crippen molar-refractivity contribution in [1.29, 1.82) is 0 Å². The molecule has 0 saturated heterocycles. The maximum Gasteiger partial charge on any atom is 0.325 e. The van der Waals surface area contributed by atoms with Crippen molar-refractivity contribution in [3.63, 3.8) is 0 Å². The van der Waals surface area contributed by atoms with Crippen molar-refractivity contribution >= 4 is 11.9 Å². The number of carbonyl (C=O) groups is 2. The van der Waals surface area contributed by atoms with E-state index in [1.54, 1.807) is 0 Å². The fourth-order valence-electron chi connectivity index (χ4n) is 1.49. The number of nitrogens with two attached hydrogens (primary N) is 1. The van der Waals surface area contributed by atoms with Gasteiger partial charge in [-0.1, -0.05) is 0 Å². The second kappa shape index (κ2) is 5.37. The Morgan fingerprint density at radius 2 is 2.00 bits per heavy atom. The second-order valence-corrected chi connectivity index (χ2v) is 3.62. The molecule has 1 aromatic rings. The van der Waals surface area contributed by atoms with E-state index in [2.05, 4.69) is 0 Å². The molecule has 0 unspecified atom stereocenters. The number of rotatable bonds is 5. The van der Waals surface area contributed by atoms with Crippen LogP contribution in [0.5, 0.6) is 11.5 Å². The molecule has 1 rings (SSSR count). The van der Waals surface area contributed by atoms with Gasteiger partial charge >= 0.3 is 11.9 Å². The average Bonchev–Trinajstić information content (AvgIpc) is 2.29. The summed E-state index contributed by atoms with van der Waals surface area (Å²) in [6, 6.07) is 1.11. The van der Waals surface area contributed by atoms with Crippen LogP contribution in [-0.2, 0) is 16.0 Å². The first kappa shape index (κ1) is 13.8. The summed E-state index contributed by atoms with van der Waals surface area (Å²) in [5, 5.41) is 27.2. The Morgan fingerprint density at radius 1 is 1.39 bits per heavy atom. The van der Waals surface area contributed by atoms with Gasteiger partial charge in [0, 0.05) is 5.56 Å². The van der Waals surface area contributed by atoms with Crippen LogP contribution >= 0.6 is 0 Å². The Balaban J connectivity index is 3.30. The fraction of sp³-hybridized carbons (Fsp3) is 0.273. The lowest BCUT2D eigenvalue weighted by Gasteiger charge is -2.14. The highest BCUT2D eigenvalue weighted by atomic mass is 16.5. The Bertz CT molecular complexity index is 485. The number of phenolic OH excluding ortho intramolecular Hbond substituents is 1. The van der Waals surface area contributed by atoms with E-state index in [-0.39, 0.29) is 17.7 Å². The minimum Gasteiger partial charge on any atom is -0.504 e. The normalized spacial score (nSPS) is 11.9. The highest BCUT2D eigenvalue weighted by Crippen LogP contribution is 2.34. The van der Waals surface area contributed by atoms with Gasteiger partial charge in [0.15, 0.2) is 11.5 Å². The first-order chi connectivity index (χ1) is 8.36. The molecule has 1 atom stereocenters. The number of aliphatic carboxylic acids is 2. The standard InChI is InChI=1S/C11H13NO6/c1-18-7-3-5(4-8(13)14)2-6(10(7)15)9(12)11(16)17/h2-3,9,15H,4,12H2,1H3,(H,13,14)(H,16,17)/t9-/m0/s1. The zero-order chi connectivity index (χ0) is 13.9. The van der Waals surface area contributed by atoms with Crippen LogP contribution in [0.2, 0.25) is 0 Å². The molecule has 0 aliphatic heterocycles. The van der Waals surface area contributed by atoms with Gasteiger partial charge in [0.2, 0.25) is 0 Å². The molecule has 1 aromatic carbocycles. The van der Waals surface area contributed by atoms with Crippen molar-refractivity contribution in [2.45, 2.75) is 12.5 Å². The number of carboxylic acids is 2. The molecule has 0 radical (unpaired) electrons. The third kappa shape index (κ3) is 2.89. The number of hydrogen-bond donors (Lipinski definition) is 4. The number of benzene rings is 1. The van der Waals surface area contributed by atoms with Gasteiger partial charge in [-0.15, -0.1) is 0 Å². The van der Waals surface area contributed by atoms with Crippen LogP contribution in [0.1, 0.15) is 17.2 Å². The molecule has 0 aromatic heterocycles. The highest BCUT2D eigenvalue weighted by Gasteiger charge is 2.22. The summed E-state index contributed by atoms with van der Waals surface area (Å²) in [7, 11) is 1.27. The average molecular weight is 255 g/mol. The lowest BCUT2D eigenvalue weighted by Crippen LogP contribution is -2.21. The number of phenols is 1. The van der Waals surface area contributed by atoms with Gasteiger partial charge in [0.25, 0.3) is 0 Å². The molecule has 7 heteroatoms. The monoisotopic (exact) mass is 255 g/mol. The van der Waals surface area contributed by atoms with E-state index >= 15 is 0 Å². The molecule has 98 valence electrons. The van der Waals surface area contributed by atoms with Crippen LogP contribution in [-0.4, -0.2) is 34.4 Å². The minimum absolute atomic E-state index is 0.0135. The molecule has 0 aliphatic rings. The molecule has 0 saturated carbocycles. The van der Waals surface area contributed by atoms with E-state index in [0.29, 0.717) is 5.56 Å². The summed E-state index contributed by atoms with van der Waals surface area (Å²) < 4.78 is 4.85. The summed E-state index contributed by atoms with van der Waals surface area (Å²) in [5.74, 6) is -2.83. The van der Waals surface area contributed by atoms with Crippen molar-refractivity contribution in [3.8, 4) is 11.5 Å². The lowest BCUT2D eigenvalue weighted by molar-refractivity contribution is -0.139. The van der Waals surface area contributed by atoms with E-state index in [4.69, 9.17) is 20.7 Å². The predicted octanol–water partition coefficient (Wildman–Crippen LogP) is 0.112. The third-order valence-corrected chi connectivity index (χ3v) is 2.34. The van der Waals surface area contributed by atoms with E-state index in [1.165, 1.54) is 19.2 Å². The Kier molecular flexibility index (Phi) is 4.11. The summed E-state index contributed by atoms with van der Waals surface area (Å²) >= 11 is 0. The molecule has 0 spiro atoms. The summed E-state index contributed by atoms with van der Waals surface area (Å²) in [5.41, 5.74) is 5.61. The van der Waals surface area contributed by atoms with Gasteiger partial charge in [0.1, 0.15) is 6.04 Å². The van der Waals surface area contributed by atoms with Crippen LogP contribution in [0, 0.1) is 0 Å². The fourth-order valence-corrected chi connectivity index (χ4v) is 1.49. The molecule has 7 nitrogen and oxygen atoms in total. The van der Waals surface area contributed by atoms with Gasteiger partial charge in [0.05, 0.1) is 13.5 Å². The Labute approximate surface area is 102 Å². The lowest BCUT2D eigenvalue weighted by atomic mass is 10.0. The van der Waals surface area contributed by atoms with E-state index in [9.17, 15) is 14.7 Å². The van der Waals surface area contributed by atoms with Gasteiger partial charge < -0.3 is 25.8 Å². The van der Waals surface area contributed by atoms with Crippen LogP contribution in [0.4, 0.5) is 0 Å². The summed E-state index contributed by atoms with van der Waals surface area (Å²) in [6.45, 7) is 0. The van der Waals surface area contributed by atoms with Crippen molar-refractivity contribution in [2.75, 3.05) is 7.11 Å². The van der Waals surface area contributed by atoms with E-state index in [1.807, 2.05) is 0 Å². The van der Waals surface area contributed by atoms with Crippen molar-refractivity contribution in [1.82, 2.24) is 0 Å². The van der Waals surface area contributed by atoms with E-state index in [0.717, 1.165) is 0 Å². The van der Waals surface area contributed by atoms with Gasteiger partial charge in [-0.2, -0.15) is 0 Å². The zero-order valence-electron chi connectivity index (χ0n) is 9.58. The van der Waals surface area contributed by atoms with Gasteiger partial charge in [-0.3, -0.25) is 9.59 Å². The number of hydrogen-bond acceptors (Lipinski definition) is 5. The maximum absolute atomic E-state index is 10.8. The number of aromatic hydroxyl groups is 1. The topological polar surface area (TPSA) is 130 Å². The molecule has 0 fully saturated rings. The molecule has 0 aliphatic carbocycles. The third-order valence-electron chi connectivity index (χ3n) is 2.34. The Hall–Kier alpha value is -2.28. The Morgan fingerprint density at radius 3 is 2.44 bits per heavy atom. The maximum atomic E-state index is 10.8. The van der Waals surface area contributed by atoms with Crippen LogP contribution in [0.3, 0.4) is 0 Å². The molecule has 18 heavy (non-hydrogen) atoms. The molecular weight excluding hydrogens is 242 g/mol. The molecular formula is C11H13NO6. The molecule has 0 bridgehead atoms. The van der Waals surface area contributed by atoms with Crippen molar-refractivity contribution in [2.24, 2.45) is 5.73 Å². The van der Waals surface area contributed by atoms with Crippen LogP contribution in [0.25, 0.3) is 0 Å². The number of carboxylic acid groups (broad SMARTS) is 2. The first-order valence-electron chi connectivity index (χ1n) is 4.96. The SMILES string of the molecule is COc1cc(CC(=O)O)cc([C@H](N)C(=O)O)c1O. The second-order valence-electron chi connectivity index (χ2n) is 3.62. The highest BCUT2D eigenvalue weighted by molar-refractivity contribution is 5.78. The molecule has 0 amide bonds. The quantitative estimate of drug-likeness (QED) is 0.587. The molecule has 5 N–H and O–H groups in total. The van der Waals surface area contributed by atoms with Crippen molar-refractivity contribution < 1.29 is 29.6 Å². The molecule has 0 heterocycles. The predicted molar refractivity (Wildman–Crippen MR) is 60.6 cm³/mol. The smallest absolute Gasteiger partial charge is 0.325 e. The number of methoxy groups -OCH3 is 1. The minimum atomic E-state index is -1.45. The van der Waals surface area contributed by atoms with Crippen LogP contribution in [0.15, 0.2) is 12.1 Å².